The minimum Gasteiger partial charge on any atom is -0.476 e. The molecule has 1 heterocycles. The fourth-order valence-corrected chi connectivity index (χ4v) is 0.739. The third-order valence-electron chi connectivity index (χ3n) is 1.32. The molecule has 0 aliphatic rings. The number of carbonyl (C=O) groups is 1. The van der Waals surface area contributed by atoms with Crippen molar-refractivity contribution in [3.05, 3.63) is 11.4 Å². The maximum absolute atomic E-state index is 10.5. The molecule has 0 amide bonds. The third-order valence-corrected chi connectivity index (χ3v) is 1.32. The summed E-state index contributed by atoms with van der Waals surface area (Å²) in [4.78, 5) is 17.6. The molecular formula is C6H7N5O2. The van der Waals surface area contributed by atoms with Crippen molar-refractivity contribution in [2.24, 2.45) is 0 Å². The monoisotopic (exact) mass is 181 g/mol. The number of nitrogen functional groups attached to an aromatic ring is 2. The van der Waals surface area contributed by atoms with Gasteiger partial charge < -0.3 is 22.0 Å². The first-order valence-electron chi connectivity index (χ1n) is 3.23. The van der Waals surface area contributed by atoms with Gasteiger partial charge in [0.2, 0.25) is 0 Å². The van der Waals surface area contributed by atoms with Crippen molar-refractivity contribution < 1.29 is 9.90 Å². The highest BCUT2D eigenvalue weighted by Crippen LogP contribution is 2.10. The Morgan fingerprint density at radius 3 is 2.46 bits per heavy atom. The van der Waals surface area contributed by atoms with E-state index < -0.39 is 11.7 Å². The lowest BCUT2D eigenvalue weighted by Crippen LogP contribution is -2.12. The molecular weight excluding hydrogens is 174 g/mol. The van der Waals surface area contributed by atoms with E-state index in [-0.39, 0.29) is 17.3 Å². The molecule has 1 rings (SSSR count). The minimum absolute atomic E-state index is 0.00778. The van der Waals surface area contributed by atoms with E-state index in [0.29, 0.717) is 0 Å². The zero-order chi connectivity index (χ0) is 10.0. The number of hydrogen-bond acceptors (Lipinski definition) is 6. The second-order valence-electron chi connectivity index (χ2n) is 2.18. The number of nitrogens with one attached hydrogen (secondary N) is 1. The van der Waals surface area contributed by atoms with Crippen molar-refractivity contribution in [2.45, 2.75) is 0 Å². The van der Waals surface area contributed by atoms with E-state index in [1.54, 1.807) is 0 Å². The Labute approximate surface area is 72.9 Å². The number of carboxylic acid groups (broad SMARTS) is 1. The normalized spacial score (nSPS) is 9.54. The molecule has 7 heteroatoms. The summed E-state index contributed by atoms with van der Waals surface area (Å²) < 4.78 is 0. The van der Waals surface area contributed by atoms with Crippen LogP contribution in [0.15, 0.2) is 0 Å². The molecule has 0 fully saturated rings. The van der Waals surface area contributed by atoms with E-state index in [0.717, 1.165) is 6.21 Å². The summed E-state index contributed by atoms with van der Waals surface area (Å²) in [5.41, 5.74) is 10.1. The van der Waals surface area contributed by atoms with Gasteiger partial charge in [-0.2, -0.15) is 0 Å². The molecule has 0 aliphatic heterocycles. The standard InChI is InChI=1S/C6H7N5O2/c7-1-2-4(8)11-5(9)3(10-2)6(12)13/h1,7H,(H,12,13)(H4,8,9,11). The van der Waals surface area contributed by atoms with Crippen LogP contribution in [0.1, 0.15) is 16.2 Å². The van der Waals surface area contributed by atoms with E-state index >= 15 is 0 Å². The second kappa shape index (κ2) is 3.05. The lowest BCUT2D eigenvalue weighted by atomic mass is 10.3. The molecule has 0 aromatic carbocycles. The largest absolute Gasteiger partial charge is 0.476 e. The molecule has 0 bridgehead atoms. The smallest absolute Gasteiger partial charge is 0.358 e. The van der Waals surface area contributed by atoms with Crippen molar-refractivity contribution in [2.75, 3.05) is 11.5 Å². The summed E-state index contributed by atoms with van der Waals surface area (Å²) in [6.07, 6.45) is 0.814. The van der Waals surface area contributed by atoms with Crippen LogP contribution in [-0.2, 0) is 0 Å². The Morgan fingerprint density at radius 2 is 2.00 bits per heavy atom. The summed E-state index contributed by atoms with van der Waals surface area (Å²) in [7, 11) is 0. The number of carboxylic acids is 1. The van der Waals surface area contributed by atoms with Crippen LogP contribution in [0.2, 0.25) is 0 Å². The van der Waals surface area contributed by atoms with Gasteiger partial charge in [0.05, 0.1) is 0 Å². The first-order chi connectivity index (χ1) is 6.06. The zero-order valence-electron chi connectivity index (χ0n) is 6.48. The van der Waals surface area contributed by atoms with Gasteiger partial charge >= 0.3 is 5.97 Å². The molecule has 7 nitrogen and oxygen atoms in total. The third kappa shape index (κ3) is 1.53. The molecule has 68 valence electrons. The van der Waals surface area contributed by atoms with Crippen LogP contribution in [0.5, 0.6) is 0 Å². The highest BCUT2D eigenvalue weighted by molar-refractivity contribution is 5.92. The number of rotatable bonds is 2. The van der Waals surface area contributed by atoms with Crippen LogP contribution < -0.4 is 11.5 Å². The van der Waals surface area contributed by atoms with Crippen molar-refractivity contribution in [3.8, 4) is 0 Å². The fraction of sp³-hybridized carbons (Fsp3) is 0. The van der Waals surface area contributed by atoms with E-state index in [9.17, 15) is 4.79 Å². The minimum atomic E-state index is -1.30. The van der Waals surface area contributed by atoms with Crippen molar-refractivity contribution in [3.63, 3.8) is 0 Å². The summed E-state index contributed by atoms with van der Waals surface area (Å²) in [6.45, 7) is 0. The highest BCUT2D eigenvalue weighted by atomic mass is 16.4. The lowest BCUT2D eigenvalue weighted by Gasteiger charge is -2.02. The van der Waals surface area contributed by atoms with Crippen LogP contribution in [-0.4, -0.2) is 27.3 Å². The van der Waals surface area contributed by atoms with Gasteiger partial charge in [0.15, 0.2) is 17.3 Å². The van der Waals surface area contributed by atoms with Gasteiger partial charge in [0.1, 0.15) is 5.69 Å². The number of hydrogen-bond donors (Lipinski definition) is 4. The summed E-state index contributed by atoms with van der Waals surface area (Å²) in [5.74, 6) is -1.61. The molecule has 0 saturated carbocycles. The first-order valence-corrected chi connectivity index (χ1v) is 3.23. The summed E-state index contributed by atoms with van der Waals surface area (Å²) in [5, 5.41) is 15.4. The van der Waals surface area contributed by atoms with E-state index in [1.807, 2.05) is 0 Å². The maximum Gasteiger partial charge on any atom is 0.358 e. The van der Waals surface area contributed by atoms with Gasteiger partial charge in [-0.25, -0.2) is 14.8 Å². The number of nitrogens with zero attached hydrogens (tertiary/aromatic N) is 2. The molecule has 1 aromatic rings. The second-order valence-corrected chi connectivity index (χ2v) is 2.18. The van der Waals surface area contributed by atoms with Crippen LogP contribution in [0, 0.1) is 5.41 Å². The Balaban J connectivity index is 3.38. The maximum atomic E-state index is 10.5. The average molecular weight is 181 g/mol. The molecule has 0 aliphatic carbocycles. The fourth-order valence-electron chi connectivity index (χ4n) is 0.739. The number of nitrogens with two attached hydrogens (primary N) is 2. The number of aromatic nitrogens is 2. The predicted octanol–water partition coefficient (Wildman–Crippen LogP) is -0.663. The molecule has 13 heavy (non-hydrogen) atoms. The van der Waals surface area contributed by atoms with Crippen LogP contribution in [0.25, 0.3) is 0 Å². The Morgan fingerprint density at radius 1 is 1.38 bits per heavy atom. The van der Waals surface area contributed by atoms with Crippen molar-refractivity contribution in [1.29, 1.82) is 5.41 Å². The number of aromatic carboxylic acids is 1. The first kappa shape index (κ1) is 8.91. The van der Waals surface area contributed by atoms with Crippen molar-refractivity contribution >= 4 is 23.8 Å². The lowest BCUT2D eigenvalue weighted by molar-refractivity contribution is 0.0691. The quantitative estimate of drug-likeness (QED) is 0.446. The summed E-state index contributed by atoms with van der Waals surface area (Å²) >= 11 is 0. The topological polar surface area (TPSA) is 139 Å². The highest BCUT2D eigenvalue weighted by Gasteiger charge is 2.13. The van der Waals surface area contributed by atoms with Crippen molar-refractivity contribution in [1.82, 2.24) is 9.97 Å². The van der Waals surface area contributed by atoms with Gasteiger partial charge in [0, 0.05) is 6.21 Å². The molecule has 0 atom stereocenters. The van der Waals surface area contributed by atoms with Gasteiger partial charge in [-0.15, -0.1) is 0 Å². The van der Waals surface area contributed by atoms with E-state index in [4.69, 9.17) is 22.0 Å². The Hall–Kier alpha value is -2.18. The van der Waals surface area contributed by atoms with Gasteiger partial charge in [-0.05, 0) is 0 Å². The van der Waals surface area contributed by atoms with Crippen LogP contribution in [0.4, 0.5) is 11.6 Å². The van der Waals surface area contributed by atoms with Crippen LogP contribution >= 0.6 is 0 Å². The molecule has 6 N–H and O–H groups in total. The zero-order valence-corrected chi connectivity index (χ0v) is 6.48. The molecule has 0 unspecified atom stereocenters. The van der Waals surface area contributed by atoms with Gasteiger partial charge in [0.25, 0.3) is 0 Å². The molecule has 0 spiro atoms. The average Bonchev–Trinajstić information content (AvgIpc) is 2.03. The van der Waals surface area contributed by atoms with Crippen LogP contribution in [0.3, 0.4) is 0 Å². The SMILES string of the molecule is N=Cc1nc(C(=O)O)c(N)nc1N. The van der Waals surface area contributed by atoms with E-state index in [1.165, 1.54) is 0 Å². The molecule has 0 radical (unpaired) electrons. The molecule has 1 aromatic heterocycles. The predicted molar refractivity (Wildman–Crippen MR) is 45.7 cm³/mol. The summed E-state index contributed by atoms with van der Waals surface area (Å²) in [6, 6.07) is 0. The van der Waals surface area contributed by atoms with Gasteiger partial charge in [-0.1, -0.05) is 0 Å². The Kier molecular flexibility index (Phi) is 2.09. The molecule has 0 saturated heterocycles. The van der Waals surface area contributed by atoms with Gasteiger partial charge in [-0.3, -0.25) is 0 Å². The van der Waals surface area contributed by atoms with E-state index in [2.05, 4.69) is 9.97 Å². The number of anilines is 2. The Bertz CT molecular complexity index is 376.